The lowest BCUT2D eigenvalue weighted by Gasteiger charge is -2.07. The molecule has 0 saturated heterocycles. The second-order valence-corrected chi connectivity index (χ2v) is 3.94. The summed E-state index contributed by atoms with van der Waals surface area (Å²) in [6.07, 6.45) is -4.33. The lowest BCUT2D eigenvalue weighted by molar-refractivity contribution is -0.137. The molecule has 5 heteroatoms. The van der Waals surface area contributed by atoms with Crippen molar-refractivity contribution in [1.82, 2.24) is 0 Å². The largest absolute Gasteiger partial charge is 0.416 e. The molecule has 0 aromatic heterocycles. The first-order chi connectivity index (χ1) is 6.48. The van der Waals surface area contributed by atoms with E-state index in [2.05, 4.69) is 0 Å². The first kappa shape index (κ1) is 9.58. The number of alkyl halides is 3. The minimum absolute atomic E-state index is 0.0984. The second-order valence-electron chi connectivity index (χ2n) is 2.92. The number of Topliss-reactive ketones (excluding diaryl/α,β-unsaturated/α-hetero) is 1. The van der Waals surface area contributed by atoms with Crippen molar-refractivity contribution < 1.29 is 18.0 Å². The molecular weight excluding hydrogens is 213 g/mol. The van der Waals surface area contributed by atoms with Crippen LogP contribution in [0.5, 0.6) is 0 Å². The number of carbonyl (C=O) groups is 1. The summed E-state index contributed by atoms with van der Waals surface area (Å²) in [6, 6.07) is 3.23. The highest BCUT2D eigenvalue weighted by atomic mass is 32.2. The van der Waals surface area contributed by atoms with Crippen molar-refractivity contribution in [3.05, 3.63) is 29.3 Å². The van der Waals surface area contributed by atoms with Gasteiger partial charge in [-0.25, -0.2) is 0 Å². The highest BCUT2D eigenvalue weighted by Crippen LogP contribution is 2.37. The smallest absolute Gasteiger partial charge is 0.293 e. The molecule has 1 heterocycles. The highest BCUT2D eigenvalue weighted by molar-refractivity contribution is 8.00. The molecule has 0 atom stereocenters. The zero-order valence-corrected chi connectivity index (χ0v) is 7.71. The van der Waals surface area contributed by atoms with E-state index < -0.39 is 11.7 Å². The van der Waals surface area contributed by atoms with Crippen molar-refractivity contribution in [3.8, 4) is 0 Å². The van der Waals surface area contributed by atoms with E-state index in [0.29, 0.717) is 10.5 Å². The zero-order valence-electron chi connectivity index (χ0n) is 6.89. The summed E-state index contributed by atoms with van der Waals surface area (Å²) in [5, 5.41) is 0. The van der Waals surface area contributed by atoms with Crippen LogP contribution in [-0.4, -0.2) is 11.5 Å². The van der Waals surface area contributed by atoms with Crippen molar-refractivity contribution in [3.63, 3.8) is 0 Å². The molecule has 2 rings (SSSR count). The molecular formula is C9H5F3OS. The molecule has 0 fully saturated rings. The minimum Gasteiger partial charge on any atom is -0.293 e. The molecule has 74 valence electrons. The monoisotopic (exact) mass is 218 g/mol. The van der Waals surface area contributed by atoms with Gasteiger partial charge in [0.25, 0.3) is 0 Å². The molecule has 0 bridgehead atoms. The van der Waals surface area contributed by atoms with Crippen LogP contribution in [0.4, 0.5) is 13.2 Å². The van der Waals surface area contributed by atoms with Crippen molar-refractivity contribution in [1.29, 1.82) is 0 Å². The minimum atomic E-state index is -4.33. The van der Waals surface area contributed by atoms with E-state index >= 15 is 0 Å². The fourth-order valence-electron chi connectivity index (χ4n) is 1.27. The van der Waals surface area contributed by atoms with E-state index in [1.807, 2.05) is 0 Å². The normalized spacial score (nSPS) is 15.8. The number of hydrogen-bond acceptors (Lipinski definition) is 2. The Morgan fingerprint density at radius 1 is 1.29 bits per heavy atom. The summed E-state index contributed by atoms with van der Waals surface area (Å²) in [5.74, 6) is 0.148. The van der Waals surface area contributed by atoms with Crippen LogP contribution in [0.15, 0.2) is 23.1 Å². The third-order valence-corrected chi connectivity index (χ3v) is 3.02. The van der Waals surface area contributed by atoms with E-state index in [9.17, 15) is 18.0 Å². The Morgan fingerprint density at radius 3 is 2.64 bits per heavy atom. The maximum atomic E-state index is 12.3. The van der Waals surface area contributed by atoms with Crippen LogP contribution < -0.4 is 0 Å². The number of fused-ring (bicyclic) bond motifs is 1. The molecule has 1 aromatic rings. The quantitative estimate of drug-likeness (QED) is 0.665. The molecule has 0 N–H and O–H groups in total. The average molecular weight is 218 g/mol. The van der Waals surface area contributed by atoms with Gasteiger partial charge in [-0.2, -0.15) is 13.2 Å². The number of halogens is 3. The first-order valence-electron chi connectivity index (χ1n) is 3.86. The van der Waals surface area contributed by atoms with Crippen LogP contribution in [0.25, 0.3) is 0 Å². The highest BCUT2D eigenvalue weighted by Gasteiger charge is 2.32. The Labute approximate surface area is 82.3 Å². The van der Waals surface area contributed by atoms with Crippen LogP contribution in [0.1, 0.15) is 15.9 Å². The van der Waals surface area contributed by atoms with Crippen molar-refractivity contribution in [2.45, 2.75) is 11.1 Å². The fraction of sp³-hybridized carbons (Fsp3) is 0.222. The molecule has 0 aliphatic carbocycles. The van der Waals surface area contributed by atoms with Crippen LogP contribution in [-0.2, 0) is 6.18 Å². The Balaban J connectivity index is 2.47. The van der Waals surface area contributed by atoms with Gasteiger partial charge in [0, 0.05) is 10.5 Å². The Hall–Kier alpha value is -0.970. The van der Waals surface area contributed by atoms with Gasteiger partial charge in [-0.1, -0.05) is 0 Å². The van der Waals surface area contributed by atoms with Crippen LogP contribution in [0, 0.1) is 0 Å². The number of benzene rings is 1. The molecule has 0 saturated carbocycles. The van der Waals surface area contributed by atoms with Gasteiger partial charge in [-0.3, -0.25) is 4.79 Å². The van der Waals surface area contributed by atoms with Gasteiger partial charge in [0.15, 0.2) is 5.78 Å². The summed E-state index contributed by atoms with van der Waals surface area (Å²) in [6.45, 7) is 0. The lowest BCUT2D eigenvalue weighted by atomic mass is 10.1. The summed E-state index contributed by atoms with van der Waals surface area (Å²) >= 11 is 1.16. The molecule has 0 spiro atoms. The van der Waals surface area contributed by atoms with E-state index in [4.69, 9.17) is 0 Å². The van der Waals surface area contributed by atoms with E-state index in [-0.39, 0.29) is 11.5 Å². The molecule has 0 unspecified atom stereocenters. The zero-order chi connectivity index (χ0) is 10.3. The van der Waals surface area contributed by atoms with Gasteiger partial charge in [0.05, 0.1) is 11.3 Å². The van der Waals surface area contributed by atoms with Crippen LogP contribution in [0.2, 0.25) is 0 Å². The predicted molar refractivity (Wildman–Crippen MR) is 46.5 cm³/mol. The van der Waals surface area contributed by atoms with E-state index in [0.717, 1.165) is 23.9 Å². The van der Waals surface area contributed by atoms with Crippen LogP contribution >= 0.6 is 11.8 Å². The molecule has 1 aliphatic heterocycles. The van der Waals surface area contributed by atoms with E-state index in [1.54, 1.807) is 0 Å². The summed E-state index contributed by atoms with van der Waals surface area (Å²) in [5.41, 5.74) is -0.290. The average Bonchev–Trinajstić information content (AvgIpc) is 2.46. The number of thioether (sulfide) groups is 1. The molecule has 0 amide bonds. The number of rotatable bonds is 0. The predicted octanol–water partition coefficient (Wildman–Crippen LogP) is 2.99. The summed E-state index contributed by atoms with van der Waals surface area (Å²) in [7, 11) is 0. The number of carbonyl (C=O) groups excluding carboxylic acids is 1. The molecule has 1 nitrogen and oxygen atoms in total. The Morgan fingerprint density at radius 2 is 2.00 bits per heavy atom. The van der Waals surface area contributed by atoms with E-state index in [1.165, 1.54) is 6.07 Å². The summed E-state index contributed by atoms with van der Waals surface area (Å²) < 4.78 is 36.8. The Kier molecular flexibility index (Phi) is 2.06. The van der Waals surface area contributed by atoms with Gasteiger partial charge in [0.1, 0.15) is 0 Å². The molecule has 0 radical (unpaired) electrons. The maximum absolute atomic E-state index is 12.3. The maximum Gasteiger partial charge on any atom is 0.416 e. The molecule has 14 heavy (non-hydrogen) atoms. The Bertz CT molecular complexity index is 398. The summed E-state index contributed by atoms with van der Waals surface area (Å²) in [4.78, 5) is 11.6. The molecule has 1 aromatic carbocycles. The SMILES string of the molecule is O=C1CSc2cc(C(F)(F)F)ccc21. The third-order valence-electron chi connectivity index (χ3n) is 1.97. The number of ketones is 1. The van der Waals surface area contributed by atoms with Gasteiger partial charge in [-0.15, -0.1) is 11.8 Å². The van der Waals surface area contributed by atoms with Gasteiger partial charge >= 0.3 is 6.18 Å². The van der Waals surface area contributed by atoms with Gasteiger partial charge < -0.3 is 0 Å². The molecule has 1 aliphatic rings. The van der Waals surface area contributed by atoms with Gasteiger partial charge in [0.2, 0.25) is 0 Å². The van der Waals surface area contributed by atoms with Gasteiger partial charge in [-0.05, 0) is 18.2 Å². The standard InChI is InChI=1S/C9H5F3OS/c10-9(11,12)5-1-2-6-7(13)4-14-8(6)3-5/h1-3H,4H2. The lowest BCUT2D eigenvalue weighted by Crippen LogP contribution is -2.05. The topological polar surface area (TPSA) is 17.1 Å². The third kappa shape index (κ3) is 1.52. The van der Waals surface area contributed by atoms with Crippen molar-refractivity contribution in [2.75, 3.05) is 5.75 Å². The second kappa shape index (κ2) is 3.02. The van der Waals surface area contributed by atoms with Crippen molar-refractivity contribution >= 4 is 17.5 Å². The fourth-order valence-corrected chi connectivity index (χ4v) is 2.26. The van der Waals surface area contributed by atoms with Crippen LogP contribution in [0.3, 0.4) is 0 Å². The number of hydrogen-bond donors (Lipinski definition) is 0. The van der Waals surface area contributed by atoms with Crippen molar-refractivity contribution in [2.24, 2.45) is 0 Å². The first-order valence-corrected chi connectivity index (χ1v) is 4.84.